The molecular formula is C19H18F3N3OS. The Labute approximate surface area is 159 Å². The molecular weight excluding hydrogens is 375 g/mol. The molecule has 2 aromatic rings. The van der Waals surface area contributed by atoms with E-state index in [9.17, 15) is 18.0 Å². The Morgan fingerprint density at radius 3 is 2.67 bits per heavy atom. The largest absolute Gasteiger partial charge is 0.416 e. The molecule has 1 fully saturated rings. The van der Waals surface area contributed by atoms with Crippen molar-refractivity contribution in [2.75, 3.05) is 18.4 Å². The van der Waals surface area contributed by atoms with E-state index in [2.05, 4.69) is 5.32 Å². The molecule has 0 radical (unpaired) electrons. The van der Waals surface area contributed by atoms with Crippen molar-refractivity contribution in [2.24, 2.45) is 0 Å². The molecule has 1 amide bonds. The van der Waals surface area contributed by atoms with Crippen LogP contribution in [0, 0.1) is 11.3 Å². The number of hydrogen-bond donors (Lipinski definition) is 1. The smallest absolute Gasteiger partial charge is 0.315 e. The Kier molecular flexibility index (Phi) is 5.82. The van der Waals surface area contributed by atoms with Crippen LogP contribution < -0.4 is 5.32 Å². The first-order valence-corrected chi connectivity index (χ1v) is 9.45. The van der Waals surface area contributed by atoms with Crippen LogP contribution in [0.5, 0.6) is 0 Å². The molecule has 0 aliphatic carbocycles. The van der Waals surface area contributed by atoms with E-state index in [1.54, 1.807) is 11.4 Å². The monoisotopic (exact) mass is 393 g/mol. The standard InChI is InChI=1S/C19H18F3N3OS/c20-19(21,22)15-6-4-13(5-7-15)16-3-1-2-9-25(16)12-17(26)24-18-14(11-23)8-10-27-18/h4-8,10,16H,1-3,9,12H2,(H,24,26). The van der Waals surface area contributed by atoms with Crippen molar-refractivity contribution in [2.45, 2.75) is 31.5 Å². The van der Waals surface area contributed by atoms with E-state index >= 15 is 0 Å². The van der Waals surface area contributed by atoms with Crippen LogP contribution >= 0.6 is 11.3 Å². The zero-order valence-corrected chi connectivity index (χ0v) is 15.2. The predicted molar refractivity (Wildman–Crippen MR) is 97.3 cm³/mol. The quantitative estimate of drug-likeness (QED) is 0.811. The maximum Gasteiger partial charge on any atom is 0.416 e. The molecule has 3 rings (SSSR count). The molecule has 1 saturated heterocycles. The Balaban J connectivity index is 1.70. The number of nitriles is 1. The Morgan fingerprint density at radius 1 is 1.26 bits per heavy atom. The van der Waals surface area contributed by atoms with Gasteiger partial charge in [-0.15, -0.1) is 11.3 Å². The molecule has 27 heavy (non-hydrogen) atoms. The van der Waals surface area contributed by atoms with Gasteiger partial charge in [0.25, 0.3) is 0 Å². The van der Waals surface area contributed by atoms with Crippen LogP contribution in [0.1, 0.15) is 42.0 Å². The molecule has 0 spiro atoms. The van der Waals surface area contributed by atoms with Gasteiger partial charge in [0.05, 0.1) is 17.7 Å². The van der Waals surface area contributed by atoms with Crippen LogP contribution in [0.3, 0.4) is 0 Å². The number of benzene rings is 1. The summed E-state index contributed by atoms with van der Waals surface area (Å²) in [4.78, 5) is 14.4. The average Bonchev–Trinajstić information content (AvgIpc) is 3.08. The molecule has 1 aliphatic rings. The molecule has 2 heterocycles. The fourth-order valence-corrected chi connectivity index (χ4v) is 4.05. The van der Waals surface area contributed by atoms with E-state index < -0.39 is 11.7 Å². The number of rotatable bonds is 4. The normalized spacial score (nSPS) is 18.1. The minimum Gasteiger partial charge on any atom is -0.315 e. The second kappa shape index (κ2) is 8.11. The maximum atomic E-state index is 12.8. The number of anilines is 1. The lowest BCUT2D eigenvalue weighted by molar-refractivity contribution is -0.137. The fraction of sp³-hybridized carbons (Fsp3) is 0.368. The summed E-state index contributed by atoms with van der Waals surface area (Å²) in [6, 6.07) is 8.75. The number of piperidine rings is 1. The van der Waals surface area contributed by atoms with Crippen molar-refractivity contribution < 1.29 is 18.0 Å². The third-order valence-electron chi connectivity index (χ3n) is 4.62. The Morgan fingerprint density at radius 2 is 2.00 bits per heavy atom. The molecule has 0 bridgehead atoms. The predicted octanol–water partition coefficient (Wildman–Crippen LogP) is 4.80. The van der Waals surface area contributed by atoms with Gasteiger partial charge in [0.2, 0.25) is 5.91 Å². The van der Waals surface area contributed by atoms with Gasteiger partial charge in [-0.1, -0.05) is 18.6 Å². The number of likely N-dealkylation sites (tertiary alicyclic amines) is 1. The number of thiophene rings is 1. The highest BCUT2D eigenvalue weighted by molar-refractivity contribution is 7.14. The highest BCUT2D eigenvalue weighted by atomic mass is 32.1. The number of amides is 1. The first-order chi connectivity index (χ1) is 12.9. The number of nitrogens with zero attached hydrogens (tertiary/aromatic N) is 2. The van der Waals surface area contributed by atoms with Crippen LogP contribution in [0.25, 0.3) is 0 Å². The van der Waals surface area contributed by atoms with E-state index in [1.807, 2.05) is 11.0 Å². The minimum atomic E-state index is -4.36. The number of hydrogen-bond acceptors (Lipinski definition) is 4. The lowest BCUT2D eigenvalue weighted by atomic mass is 9.94. The number of alkyl halides is 3. The summed E-state index contributed by atoms with van der Waals surface area (Å²) in [6.45, 7) is 0.836. The van der Waals surface area contributed by atoms with Crippen molar-refractivity contribution in [1.82, 2.24) is 4.90 Å². The van der Waals surface area contributed by atoms with Crippen LogP contribution in [-0.4, -0.2) is 23.9 Å². The molecule has 8 heteroatoms. The zero-order valence-electron chi connectivity index (χ0n) is 14.4. The van der Waals surface area contributed by atoms with Gasteiger partial charge in [-0.25, -0.2) is 0 Å². The van der Waals surface area contributed by atoms with Crippen molar-refractivity contribution in [3.05, 3.63) is 52.4 Å². The minimum absolute atomic E-state index is 0.0921. The number of carbonyl (C=O) groups is 1. The molecule has 1 atom stereocenters. The van der Waals surface area contributed by atoms with Crippen LogP contribution in [0.15, 0.2) is 35.7 Å². The second-order valence-electron chi connectivity index (χ2n) is 6.43. The molecule has 142 valence electrons. The fourth-order valence-electron chi connectivity index (χ4n) is 3.30. The summed E-state index contributed by atoms with van der Waals surface area (Å²) in [5.74, 6) is -0.229. The third-order valence-corrected chi connectivity index (χ3v) is 5.45. The molecule has 1 unspecified atom stereocenters. The summed E-state index contributed by atoms with van der Waals surface area (Å²) in [5, 5.41) is 14.0. The summed E-state index contributed by atoms with van der Waals surface area (Å²) >= 11 is 1.29. The highest BCUT2D eigenvalue weighted by Crippen LogP contribution is 2.34. The topological polar surface area (TPSA) is 56.1 Å². The molecule has 1 aliphatic heterocycles. The first kappa shape index (κ1) is 19.4. The van der Waals surface area contributed by atoms with E-state index in [0.717, 1.165) is 37.0 Å². The van der Waals surface area contributed by atoms with Gasteiger partial charge in [0, 0.05) is 6.04 Å². The van der Waals surface area contributed by atoms with E-state index in [-0.39, 0.29) is 18.5 Å². The summed E-state index contributed by atoms with van der Waals surface area (Å²) < 4.78 is 38.3. The van der Waals surface area contributed by atoms with Crippen LogP contribution in [0.4, 0.5) is 18.2 Å². The third kappa shape index (κ3) is 4.67. The molecule has 0 saturated carbocycles. The van der Waals surface area contributed by atoms with E-state index in [1.165, 1.54) is 23.5 Å². The van der Waals surface area contributed by atoms with Gasteiger partial charge in [-0.3, -0.25) is 9.69 Å². The highest BCUT2D eigenvalue weighted by Gasteiger charge is 2.31. The van der Waals surface area contributed by atoms with E-state index in [4.69, 9.17) is 5.26 Å². The van der Waals surface area contributed by atoms with Gasteiger partial charge in [0.1, 0.15) is 11.1 Å². The number of nitrogens with one attached hydrogen (secondary N) is 1. The van der Waals surface area contributed by atoms with Crippen LogP contribution in [-0.2, 0) is 11.0 Å². The molecule has 1 aromatic heterocycles. The van der Waals surface area contributed by atoms with Crippen molar-refractivity contribution in [3.63, 3.8) is 0 Å². The Hall–Kier alpha value is -2.37. The molecule has 1 N–H and O–H groups in total. The van der Waals surface area contributed by atoms with E-state index in [0.29, 0.717) is 17.1 Å². The summed E-state index contributed by atoms with van der Waals surface area (Å²) in [7, 11) is 0. The zero-order chi connectivity index (χ0) is 19.4. The second-order valence-corrected chi connectivity index (χ2v) is 7.34. The van der Waals surface area contributed by atoms with Gasteiger partial charge in [-0.05, 0) is 48.5 Å². The summed E-state index contributed by atoms with van der Waals surface area (Å²) in [6.07, 6.45) is -1.66. The molecule has 4 nitrogen and oxygen atoms in total. The number of carbonyl (C=O) groups excluding carboxylic acids is 1. The van der Waals surface area contributed by atoms with Crippen molar-refractivity contribution in [1.29, 1.82) is 5.26 Å². The lowest BCUT2D eigenvalue weighted by Crippen LogP contribution is -2.39. The maximum absolute atomic E-state index is 12.8. The van der Waals surface area contributed by atoms with Crippen molar-refractivity contribution in [3.8, 4) is 6.07 Å². The van der Waals surface area contributed by atoms with Gasteiger partial charge >= 0.3 is 6.18 Å². The Bertz CT molecular complexity index is 839. The van der Waals surface area contributed by atoms with Gasteiger partial charge < -0.3 is 5.32 Å². The lowest BCUT2D eigenvalue weighted by Gasteiger charge is -2.35. The summed E-state index contributed by atoms with van der Waals surface area (Å²) in [5.41, 5.74) is 0.531. The molecule has 1 aromatic carbocycles. The van der Waals surface area contributed by atoms with Crippen molar-refractivity contribution >= 4 is 22.2 Å². The van der Waals surface area contributed by atoms with Crippen LogP contribution in [0.2, 0.25) is 0 Å². The van der Waals surface area contributed by atoms with Gasteiger partial charge in [0.15, 0.2) is 0 Å². The number of halogens is 3. The first-order valence-electron chi connectivity index (χ1n) is 8.57. The van der Waals surface area contributed by atoms with Gasteiger partial charge in [-0.2, -0.15) is 18.4 Å². The SMILES string of the molecule is N#Cc1ccsc1NC(=O)CN1CCCCC1c1ccc(C(F)(F)F)cc1. The average molecular weight is 393 g/mol.